The van der Waals surface area contributed by atoms with E-state index in [1.54, 1.807) is 7.11 Å². The molecule has 2 rings (SSSR count). The largest absolute Gasteiger partial charge is 0.507 e. The molecule has 1 aromatic carbocycles. The summed E-state index contributed by atoms with van der Waals surface area (Å²) in [4.78, 5) is 0. The first-order valence-corrected chi connectivity index (χ1v) is 6.55. The zero-order valence-corrected chi connectivity index (χ0v) is 12.0. The van der Waals surface area contributed by atoms with Crippen molar-refractivity contribution in [3.8, 4) is 11.5 Å². The highest BCUT2D eigenvalue weighted by molar-refractivity contribution is 9.10. The number of phenols is 1. The van der Waals surface area contributed by atoms with E-state index in [0.29, 0.717) is 11.5 Å². The third kappa shape index (κ3) is 1.83. The van der Waals surface area contributed by atoms with E-state index in [4.69, 9.17) is 10.5 Å². The molecule has 0 radical (unpaired) electrons. The van der Waals surface area contributed by atoms with Crippen LogP contribution in [0.25, 0.3) is 0 Å². The zero-order chi connectivity index (χ0) is 12.8. The summed E-state index contributed by atoms with van der Waals surface area (Å²) in [7, 11) is 1.60. The number of hydrogen-bond donors (Lipinski definition) is 2. The summed E-state index contributed by atoms with van der Waals surface area (Å²) in [6, 6.07) is 1.99. The monoisotopic (exact) mass is 299 g/mol. The van der Waals surface area contributed by atoms with Gasteiger partial charge in [-0.05, 0) is 48.7 Å². The Bertz CT molecular complexity index is 453. The van der Waals surface area contributed by atoms with Crippen LogP contribution in [0.2, 0.25) is 0 Å². The van der Waals surface area contributed by atoms with Crippen molar-refractivity contribution >= 4 is 15.9 Å². The maximum absolute atomic E-state index is 10.3. The molecule has 4 heteroatoms. The van der Waals surface area contributed by atoms with E-state index in [-0.39, 0.29) is 11.5 Å². The van der Waals surface area contributed by atoms with Crippen LogP contribution in [-0.2, 0) is 5.41 Å². The van der Waals surface area contributed by atoms with E-state index in [2.05, 4.69) is 15.9 Å². The SMILES string of the molecule is COc1c(Br)cc(C2(C(C)N)CC2)c(O)c1C. The summed E-state index contributed by atoms with van der Waals surface area (Å²) in [6.45, 7) is 3.86. The molecule has 3 N–H and O–H groups in total. The maximum atomic E-state index is 10.3. The van der Waals surface area contributed by atoms with Crippen LogP contribution in [0.3, 0.4) is 0 Å². The summed E-state index contributed by atoms with van der Waals surface area (Å²) in [5, 5.41) is 10.3. The van der Waals surface area contributed by atoms with E-state index >= 15 is 0 Å². The minimum Gasteiger partial charge on any atom is -0.507 e. The van der Waals surface area contributed by atoms with Crippen LogP contribution in [0.15, 0.2) is 10.5 Å². The van der Waals surface area contributed by atoms with E-state index in [0.717, 1.165) is 28.4 Å². The van der Waals surface area contributed by atoms with Gasteiger partial charge in [0.15, 0.2) is 0 Å². The molecule has 1 fully saturated rings. The highest BCUT2D eigenvalue weighted by atomic mass is 79.9. The van der Waals surface area contributed by atoms with E-state index < -0.39 is 0 Å². The van der Waals surface area contributed by atoms with Gasteiger partial charge in [0.05, 0.1) is 11.6 Å². The lowest BCUT2D eigenvalue weighted by Gasteiger charge is -2.23. The molecule has 0 bridgehead atoms. The Morgan fingerprint density at radius 2 is 2.12 bits per heavy atom. The Labute approximate surface area is 110 Å². The van der Waals surface area contributed by atoms with Crippen molar-refractivity contribution in [2.24, 2.45) is 5.73 Å². The van der Waals surface area contributed by atoms with Crippen molar-refractivity contribution in [1.29, 1.82) is 0 Å². The van der Waals surface area contributed by atoms with Gasteiger partial charge in [0.1, 0.15) is 11.5 Å². The van der Waals surface area contributed by atoms with Crippen molar-refractivity contribution < 1.29 is 9.84 Å². The van der Waals surface area contributed by atoms with Gasteiger partial charge in [0.2, 0.25) is 0 Å². The minimum atomic E-state index is -0.0519. The van der Waals surface area contributed by atoms with E-state index in [1.165, 1.54) is 0 Å². The zero-order valence-electron chi connectivity index (χ0n) is 10.4. The number of ether oxygens (including phenoxy) is 1. The van der Waals surface area contributed by atoms with Gasteiger partial charge >= 0.3 is 0 Å². The van der Waals surface area contributed by atoms with Crippen LogP contribution in [0.4, 0.5) is 0 Å². The maximum Gasteiger partial charge on any atom is 0.139 e. The van der Waals surface area contributed by atoms with Gasteiger partial charge in [-0.1, -0.05) is 0 Å². The number of benzene rings is 1. The summed E-state index contributed by atoms with van der Waals surface area (Å²) >= 11 is 3.48. The Morgan fingerprint density at radius 1 is 1.53 bits per heavy atom. The molecular formula is C13H18BrNO2. The fraction of sp³-hybridized carbons (Fsp3) is 0.538. The molecule has 0 spiro atoms. The average Bonchev–Trinajstić information content (AvgIpc) is 3.05. The first kappa shape index (κ1) is 12.7. The Kier molecular flexibility index (Phi) is 3.12. The summed E-state index contributed by atoms with van der Waals surface area (Å²) < 4.78 is 6.14. The lowest BCUT2D eigenvalue weighted by Crippen LogP contribution is -2.31. The number of phenolic OH excluding ortho intramolecular Hbond substituents is 1. The molecule has 94 valence electrons. The number of hydrogen-bond acceptors (Lipinski definition) is 3. The van der Waals surface area contributed by atoms with Crippen LogP contribution >= 0.6 is 15.9 Å². The second kappa shape index (κ2) is 4.18. The third-order valence-electron chi connectivity index (χ3n) is 3.84. The van der Waals surface area contributed by atoms with Gasteiger partial charge in [0.25, 0.3) is 0 Å². The summed E-state index contributed by atoms with van der Waals surface area (Å²) in [5.41, 5.74) is 7.70. The molecule has 1 atom stereocenters. The molecule has 0 aromatic heterocycles. The molecule has 0 saturated heterocycles. The molecule has 1 unspecified atom stereocenters. The average molecular weight is 300 g/mol. The van der Waals surface area contributed by atoms with Gasteiger partial charge in [0, 0.05) is 22.6 Å². The van der Waals surface area contributed by atoms with Crippen molar-refractivity contribution in [2.45, 2.75) is 38.1 Å². The van der Waals surface area contributed by atoms with Crippen LogP contribution in [0, 0.1) is 6.92 Å². The quantitative estimate of drug-likeness (QED) is 0.902. The van der Waals surface area contributed by atoms with Crippen molar-refractivity contribution in [1.82, 2.24) is 0 Å². The number of nitrogens with two attached hydrogens (primary N) is 1. The van der Waals surface area contributed by atoms with Crippen molar-refractivity contribution in [3.63, 3.8) is 0 Å². The molecule has 17 heavy (non-hydrogen) atoms. The molecule has 1 aliphatic carbocycles. The van der Waals surface area contributed by atoms with Crippen LogP contribution in [0.1, 0.15) is 30.9 Å². The first-order valence-electron chi connectivity index (χ1n) is 5.76. The number of halogens is 1. The number of rotatable bonds is 3. The Hall–Kier alpha value is -0.740. The second-order valence-corrected chi connectivity index (χ2v) is 5.71. The molecule has 1 aliphatic rings. The molecule has 0 heterocycles. The Balaban J connectivity index is 2.58. The van der Waals surface area contributed by atoms with Gasteiger partial charge in [-0.2, -0.15) is 0 Å². The summed E-state index contributed by atoms with van der Waals surface area (Å²) in [5.74, 6) is 1.01. The lowest BCUT2D eigenvalue weighted by atomic mass is 9.87. The fourth-order valence-electron chi connectivity index (χ4n) is 2.48. The number of aromatic hydroxyl groups is 1. The number of methoxy groups -OCH3 is 1. The topological polar surface area (TPSA) is 55.5 Å². The van der Waals surface area contributed by atoms with E-state index in [1.807, 2.05) is 19.9 Å². The van der Waals surface area contributed by atoms with Gasteiger partial charge in [-0.25, -0.2) is 0 Å². The van der Waals surface area contributed by atoms with Crippen LogP contribution in [0.5, 0.6) is 11.5 Å². The highest BCUT2D eigenvalue weighted by Crippen LogP contribution is 2.55. The standard InChI is InChI=1S/C13H18BrNO2/c1-7-11(16)9(6-10(14)12(7)17-3)13(4-5-13)8(2)15/h6,8,16H,4-5,15H2,1-3H3. The minimum absolute atomic E-state index is 0.0492. The van der Waals surface area contributed by atoms with Gasteiger partial charge < -0.3 is 15.6 Å². The smallest absolute Gasteiger partial charge is 0.139 e. The van der Waals surface area contributed by atoms with E-state index in [9.17, 15) is 5.11 Å². The molecule has 0 amide bonds. The molecule has 1 saturated carbocycles. The predicted octanol–water partition coefficient (Wildman–Crippen LogP) is 2.85. The fourth-order valence-corrected chi connectivity index (χ4v) is 3.17. The molecule has 0 aliphatic heterocycles. The predicted molar refractivity (Wildman–Crippen MR) is 71.7 cm³/mol. The van der Waals surface area contributed by atoms with Crippen molar-refractivity contribution in [2.75, 3.05) is 7.11 Å². The normalized spacial score (nSPS) is 18.9. The van der Waals surface area contributed by atoms with Crippen LogP contribution in [-0.4, -0.2) is 18.3 Å². The lowest BCUT2D eigenvalue weighted by molar-refractivity contribution is 0.395. The second-order valence-electron chi connectivity index (χ2n) is 4.86. The highest BCUT2D eigenvalue weighted by Gasteiger charge is 2.49. The van der Waals surface area contributed by atoms with Gasteiger partial charge in [-0.15, -0.1) is 0 Å². The molecule has 1 aromatic rings. The van der Waals surface area contributed by atoms with Gasteiger partial charge in [-0.3, -0.25) is 0 Å². The van der Waals surface area contributed by atoms with Crippen LogP contribution < -0.4 is 10.5 Å². The third-order valence-corrected chi connectivity index (χ3v) is 4.43. The Morgan fingerprint density at radius 3 is 2.53 bits per heavy atom. The first-order chi connectivity index (χ1) is 7.94. The summed E-state index contributed by atoms with van der Waals surface area (Å²) in [6.07, 6.45) is 2.08. The molecule has 3 nitrogen and oxygen atoms in total. The van der Waals surface area contributed by atoms with Crippen molar-refractivity contribution in [3.05, 3.63) is 21.7 Å². The molecular weight excluding hydrogens is 282 g/mol.